The van der Waals surface area contributed by atoms with Crippen molar-refractivity contribution in [2.45, 2.75) is 6.04 Å². The zero-order chi connectivity index (χ0) is 9.14. The van der Waals surface area contributed by atoms with Gasteiger partial charge in [-0.15, -0.1) is 0 Å². The molecule has 1 aliphatic rings. The number of carboxylic acid groups (broad SMARTS) is 1. The minimum absolute atomic E-state index is 0.0185. The van der Waals surface area contributed by atoms with Crippen molar-refractivity contribution < 1.29 is 20.1 Å². The Morgan fingerprint density at radius 1 is 1.67 bits per heavy atom. The maximum atomic E-state index is 11.0. The third-order valence-corrected chi connectivity index (χ3v) is 1.62. The fourth-order valence-corrected chi connectivity index (χ4v) is 1.01. The lowest BCUT2D eigenvalue weighted by molar-refractivity contribution is -0.680. The third kappa shape index (κ3) is 1.41. The summed E-state index contributed by atoms with van der Waals surface area (Å²) >= 11 is 0. The highest BCUT2D eigenvalue weighted by atomic mass is 16.4. The molecule has 5 N–H and O–H groups in total. The van der Waals surface area contributed by atoms with Crippen LogP contribution in [0.5, 0.6) is 0 Å². The van der Waals surface area contributed by atoms with Gasteiger partial charge in [-0.2, -0.15) is 5.84 Å². The molecule has 5 heteroatoms. The fourth-order valence-electron chi connectivity index (χ4n) is 1.01. The SMILES string of the molecule is N[NH2+]C1C(=O)C=CC=C1C(=O)O. The van der Waals surface area contributed by atoms with Gasteiger partial charge in [0, 0.05) is 0 Å². The lowest BCUT2D eigenvalue weighted by atomic mass is 9.99. The maximum Gasteiger partial charge on any atom is 0.338 e. The molecule has 5 nitrogen and oxygen atoms in total. The van der Waals surface area contributed by atoms with Crippen molar-refractivity contribution in [2.75, 3.05) is 0 Å². The van der Waals surface area contributed by atoms with E-state index in [1.807, 2.05) is 0 Å². The van der Waals surface area contributed by atoms with Crippen LogP contribution in [0.1, 0.15) is 0 Å². The number of rotatable bonds is 2. The summed E-state index contributed by atoms with van der Waals surface area (Å²) in [6, 6.07) is -0.799. The number of ketones is 1. The van der Waals surface area contributed by atoms with Crippen LogP contribution in [0.3, 0.4) is 0 Å². The van der Waals surface area contributed by atoms with Crippen molar-refractivity contribution in [3.63, 3.8) is 0 Å². The number of hydrogen-bond acceptors (Lipinski definition) is 3. The highest BCUT2D eigenvalue weighted by molar-refractivity contribution is 6.05. The van der Waals surface area contributed by atoms with Gasteiger partial charge in [-0.25, -0.2) is 4.79 Å². The number of nitrogens with two attached hydrogens (primary N) is 2. The number of carboxylic acids is 1. The molecule has 0 heterocycles. The molecular formula is C7H9N2O3+. The monoisotopic (exact) mass is 169 g/mol. The van der Waals surface area contributed by atoms with E-state index >= 15 is 0 Å². The van der Waals surface area contributed by atoms with E-state index in [2.05, 4.69) is 0 Å². The largest absolute Gasteiger partial charge is 0.478 e. The molecule has 1 unspecified atom stereocenters. The van der Waals surface area contributed by atoms with Gasteiger partial charge < -0.3 is 5.11 Å². The molecule has 1 atom stereocenters. The van der Waals surface area contributed by atoms with E-state index < -0.39 is 12.0 Å². The van der Waals surface area contributed by atoms with Crippen LogP contribution in [0, 0.1) is 0 Å². The molecule has 0 fully saturated rings. The minimum atomic E-state index is -1.11. The van der Waals surface area contributed by atoms with Crippen LogP contribution in [0.4, 0.5) is 0 Å². The molecular weight excluding hydrogens is 160 g/mol. The van der Waals surface area contributed by atoms with Gasteiger partial charge in [0.05, 0.1) is 0 Å². The lowest BCUT2D eigenvalue weighted by Crippen LogP contribution is -2.98. The Morgan fingerprint density at radius 2 is 2.33 bits per heavy atom. The second-order valence-electron chi connectivity index (χ2n) is 2.36. The Bertz CT molecular complexity index is 280. The summed E-state index contributed by atoms with van der Waals surface area (Å²) in [7, 11) is 0. The van der Waals surface area contributed by atoms with Crippen molar-refractivity contribution in [3.05, 3.63) is 23.8 Å². The van der Waals surface area contributed by atoms with Gasteiger partial charge in [0.2, 0.25) is 5.78 Å². The number of quaternary nitrogens is 1. The summed E-state index contributed by atoms with van der Waals surface area (Å²) in [6.45, 7) is 0. The highest BCUT2D eigenvalue weighted by Gasteiger charge is 2.30. The topological polar surface area (TPSA) is 97.0 Å². The molecule has 1 aliphatic carbocycles. The second kappa shape index (κ2) is 3.29. The van der Waals surface area contributed by atoms with Crippen molar-refractivity contribution in [1.29, 1.82) is 0 Å². The molecule has 0 aliphatic heterocycles. The molecule has 0 bridgehead atoms. The molecule has 12 heavy (non-hydrogen) atoms. The minimum Gasteiger partial charge on any atom is -0.478 e. The van der Waals surface area contributed by atoms with Crippen molar-refractivity contribution >= 4 is 11.8 Å². The van der Waals surface area contributed by atoms with Gasteiger partial charge in [0.25, 0.3) is 0 Å². The van der Waals surface area contributed by atoms with Gasteiger partial charge in [-0.3, -0.25) is 10.2 Å². The first-order chi connectivity index (χ1) is 5.66. The van der Waals surface area contributed by atoms with E-state index in [4.69, 9.17) is 10.9 Å². The van der Waals surface area contributed by atoms with Crippen LogP contribution in [0.2, 0.25) is 0 Å². The molecule has 0 radical (unpaired) electrons. The summed E-state index contributed by atoms with van der Waals surface area (Å²) in [6.07, 6.45) is 4.09. The van der Waals surface area contributed by atoms with Crippen LogP contribution in [0.15, 0.2) is 23.8 Å². The number of carbonyl (C=O) groups is 2. The molecule has 0 saturated carbocycles. The summed E-state index contributed by atoms with van der Waals surface area (Å²) in [5.74, 6) is 3.73. The van der Waals surface area contributed by atoms with Gasteiger partial charge >= 0.3 is 5.97 Å². The number of aliphatic carboxylic acids is 1. The average molecular weight is 169 g/mol. The van der Waals surface area contributed by atoms with E-state index in [0.29, 0.717) is 0 Å². The quantitative estimate of drug-likeness (QED) is 0.327. The third-order valence-electron chi connectivity index (χ3n) is 1.62. The van der Waals surface area contributed by atoms with E-state index in [-0.39, 0.29) is 11.4 Å². The van der Waals surface area contributed by atoms with E-state index in [0.717, 1.165) is 5.43 Å². The molecule has 0 aromatic carbocycles. The predicted octanol–water partition coefficient (Wildman–Crippen LogP) is -2.06. The number of hydrogen-bond donors (Lipinski definition) is 3. The van der Waals surface area contributed by atoms with Crippen molar-refractivity contribution in [1.82, 2.24) is 0 Å². The predicted molar refractivity (Wildman–Crippen MR) is 39.8 cm³/mol. The first-order valence-electron chi connectivity index (χ1n) is 3.37. The van der Waals surface area contributed by atoms with Gasteiger partial charge in [0.1, 0.15) is 5.57 Å². The first-order valence-corrected chi connectivity index (χ1v) is 3.37. The summed E-state index contributed by atoms with van der Waals surface area (Å²) in [5.41, 5.74) is 1.11. The Hall–Kier alpha value is -1.46. The van der Waals surface area contributed by atoms with Crippen LogP contribution in [-0.2, 0) is 9.59 Å². The zero-order valence-corrected chi connectivity index (χ0v) is 6.23. The summed E-state index contributed by atoms with van der Waals surface area (Å²) in [5, 5.41) is 8.63. The van der Waals surface area contributed by atoms with Crippen molar-refractivity contribution in [3.8, 4) is 0 Å². The van der Waals surface area contributed by atoms with E-state index in [1.165, 1.54) is 18.2 Å². The molecule has 64 valence electrons. The summed E-state index contributed by atoms with van der Waals surface area (Å²) in [4.78, 5) is 21.6. The normalized spacial score (nSPS) is 22.2. The summed E-state index contributed by atoms with van der Waals surface area (Å²) < 4.78 is 0. The highest BCUT2D eigenvalue weighted by Crippen LogP contribution is 2.06. The molecule has 0 saturated heterocycles. The molecule has 0 spiro atoms. The maximum absolute atomic E-state index is 11.0. The Morgan fingerprint density at radius 3 is 2.75 bits per heavy atom. The fraction of sp³-hybridized carbons (Fsp3) is 0.143. The van der Waals surface area contributed by atoms with Gasteiger partial charge in [-0.1, -0.05) is 6.08 Å². The Balaban J connectivity index is 2.96. The van der Waals surface area contributed by atoms with E-state index in [1.54, 1.807) is 0 Å². The number of carbonyl (C=O) groups excluding carboxylic acids is 1. The Kier molecular flexibility index (Phi) is 2.37. The van der Waals surface area contributed by atoms with Crippen molar-refractivity contribution in [2.24, 2.45) is 5.84 Å². The van der Waals surface area contributed by atoms with Crippen LogP contribution >= 0.6 is 0 Å². The van der Waals surface area contributed by atoms with Crippen LogP contribution in [-0.4, -0.2) is 22.9 Å². The average Bonchev–Trinajstić information content (AvgIpc) is 2.03. The second-order valence-corrected chi connectivity index (χ2v) is 2.36. The first kappa shape index (κ1) is 8.63. The van der Waals surface area contributed by atoms with Gasteiger partial charge in [-0.05, 0) is 12.2 Å². The van der Waals surface area contributed by atoms with Gasteiger partial charge in [0.15, 0.2) is 6.04 Å². The van der Waals surface area contributed by atoms with Crippen LogP contribution < -0.4 is 11.3 Å². The standard InChI is InChI=1S/C7H8N2O3/c8-9-6-4(7(11)12)2-1-3-5(6)10/h1-3,6,9H,8H2,(H,11,12)/p+1. The molecule has 0 aromatic heterocycles. The number of allylic oxidation sites excluding steroid dienone is 2. The lowest BCUT2D eigenvalue weighted by Gasteiger charge is -2.11. The molecule has 0 aromatic rings. The Labute approximate surface area is 68.5 Å². The van der Waals surface area contributed by atoms with E-state index in [9.17, 15) is 9.59 Å². The smallest absolute Gasteiger partial charge is 0.338 e. The zero-order valence-electron chi connectivity index (χ0n) is 6.23. The molecule has 0 amide bonds. The molecule has 1 rings (SSSR count). The van der Waals surface area contributed by atoms with Crippen LogP contribution in [0.25, 0.3) is 0 Å².